The van der Waals surface area contributed by atoms with Crippen LogP contribution in [-0.2, 0) is 99.1 Å². The van der Waals surface area contributed by atoms with Crippen LogP contribution < -0.4 is 85.9 Å². The van der Waals surface area contributed by atoms with E-state index in [9.17, 15) is 117 Å². The summed E-state index contributed by atoms with van der Waals surface area (Å²) in [5, 5.41) is 100.0. The zero-order valence-corrected chi connectivity index (χ0v) is 66.4. The number of nitrogens with zero attached hydrogens (tertiary/aromatic N) is 1. The van der Waals surface area contributed by atoms with Crippen molar-refractivity contribution < 1.29 is 117 Å². The second kappa shape index (κ2) is 49.1. The number of carboxylic acids is 4. The third-order valence-corrected chi connectivity index (χ3v) is 18.9. The Morgan fingerprint density at radius 2 is 0.974 bits per heavy atom. The number of amides is 14. The van der Waals surface area contributed by atoms with E-state index in [1.54, 1.807) is 52.0 Å². The molecule has 1 aliphatic rings. The molecule has 644 valence electrons. The second-order valence-electron chi connectivity index (χ2n) is 28.1. The Morgan fingerprint density at radius 1 is 0.521 bits per heavy atom. The first-order chi connectivity index (χ1) is 55.2. The van der Waals surface area contributed by atoms with Crippen molar-refractivity contribution in [3.63, 3.8) is 0 Å². The molecule has 0 saturated carbocycles. The molecule has 0 aliphatic carbocycles. The van der Waals surface area contributed by atoms with Crippen LogP contribution in [0.5, 0.6) is 5.75 Å². The lowest BCUT2D eigenvalue weighted by atomic mass is 10.0. The number of aromatic nitrogens is 1. The van der Waals surface area contributed by atoms with E-state index < -0.39 is 250 Å². The maximum Gasteiger partial charge on any atom is 0.326 e. The van der Waals surface area contributed by atoms with Gasteiger partial charge in [-0.2, -0.15) is 25.3 Å². The summed E-state index contributed by atoms with van der Waals surface area (Å²) >= 11 is 8.39. The van der Waals surface area contributed by atoms with E-state index in [0.717, 1.165) is 0 Å². The van der Waals surface area contributed by atoms with E-state index in [1.807, 2.05) is 0 Å². The van der Waals surface area contributed by atoms with Crippen molar-refractivity contribution in [2.45, 2.75) is 184 Å². The number of aromatic amines is 1. The summed E-state index contributed by atoms with van der Waals surface area (Å²) in [6, 6.07) is -6.29. The molecular weight excluding hydrogens is 1580 g/mol. The number of H-pyrrole nitrogens is 1. The number of aliphatic hydroxyl groups is 1. The minimum atomic E-state index is -1.87. The number of phenols is 1. The third kappa shape index (κ3) is 33.8. The quantitative estimate of drug-likeness (QED) is 0.0108. The highest BCUT2D eigenvalue weighted by Gasteiger charge is 2.40. The Bertz CT molecular complexity index is 4040. The molecule has 117 heavy (non-hydrogen) atoms. The van der Waals surface area contributed by atoms with Gasteiger partial charge in [0, 0.05) is 73.8 Å². The van der Waals surface area contributed by atoms with Crippen LogP contribution in [0.3, 0.4) is 0 Å². The average Bonchev–Trinajstić information content (AvgIpc) is 1.72. The van der Waals surface area contributed by atoms with Crippen LogP contribution in [0.25, 0.3) is 10.9 Å². The zero-order chi connectivity index (χ0) is 87.3. The van der Waals surface area contributed by atoms with Crippen molar-refractivity contribution in [2.24, 2.45) is 23.3 Å². The van der Waals surface area contributed by atoms with Crippen molar-refractivity contribution in [1.29, 1.82) is 5.41 Å². The SMILES string of the molecule is CC(C)C[C@H](NC(=O)[C@H](CO)NC(=O)[C@H](Cc1c[nH]c2ccccc12)NC(=O)[C@H](CS)NC(=O)[C@H](CCC(=O)O)NC(=O)[C@H](CCC(=O)O)NC(=O)CNC(=O)CNC(=O)[C@H](Cc1ccc(O)cc1)NC(=O)[C@H](CCC(=O)O)NC(=O)CNC(=O)[C@@H]1CCCN1C(=O)[C@H](CCCNC(=N)N)NC(=O)[C@H](CS)NC(=O)[C@@H](N)C(C)C)C(=O)O. The number of aromatic hydroxyl groups is 1. The predicted molar refractivity (Wildman–Crippen MR) is 421 cm³/mol. The number of fused-ring (bicyclic) bond motifs is 1. The molecule has 43 nitrogen and oxygen atoms in total. The normalized spacial score (nSPS) is 15.2. The molecule has 0 unspecified atom stereocenters. The molecule has 14 amide bonds. The number of para-hydroxylation sites is 1. The van der Waals surface area contributed by atoms with Crippen molar-refractivity contribution in [1.82, 2.24) is 84.3 Å². The van der Waals surface area contributed by atoms with Crippen LogP contribution in [0.15, 0.2) is 54.7 Å². The first kappa shape index (κ1) is 97.5. The third-order valence-electron chi connectivity index (χ3n) is 18.1. The number of carbonyl (C=O) groups is 18. The number of thiol groups is 2. The van der Waals surface area contributed by atoms with Gasteiger partial charge in [0.05, 0.1) is 32.3 Å². The highest BCUT2D eigenvalue weighted by molar-refractivity contribution is 7.80. The molecule has 2 heterocycles. The van der Waals surface area contributed by atoms with Crippen LogP contribution >= 0.6 is 25.3 Å². The summed E-state index contributed by atoms with van der Waals surface area (Å²) in [7, 11) is 0. The van der Waals surface area contributed by atoms with E-state index in [4.69, 9.17) is 16.9 Å². The van der Waals surface area contributed by atoms with Gasteiger partial charge in [0.2, 0.25) is 82.7 Å². The fourth-order valence-electron chi connectivity index (χ4n) is 11.8. The van der Waals surface area contributed by atoms with Gasteiger partial charge in [-0.15, -0.1) is 0 Å². The van der Waals surface area contributed by atoms with Crippen LogP contribution in [0, 0.1) is 17.2 Å². The van der Waals surface area contributed by atoms with E-state index in [1.165, 1.54) is 35.4 Å². The first-order valence-corrected chi connectivity index (χ1v) is 38.5. The predicted octanol–water partition coefficient (Wildman–Crippen LogP) is -6.33. The number of hydrogen-bond acceptors (Lipinski definition) is 24. The molecule has 0 bridgehead atoms. The van der Waals surface area contributed by atoms with E-state index >= 15 is 0 Å². The van der Waals surface area contributed by atoms with Crippen molar-refractivity contribution in [2.75, 3.05) is 50.8 Å². The van der Waals surface area contributed by atoms with Gasteiger partial charge in [0.1, 0.15) is 72.2 Å². The Morgan fingerprint density at radius 3 is 1.49 bits per heavy atom. The van der Waals surface area contributed by atoms with E-state index in [-0.39, 0.29) is 80.9 Å². The molecule has 1 fully saturated rings. The number of benzene rings is 2. The molecule has 2 aromatic carbocycles. The topological polar surface area (TPSA) is 692 Å². The van der Waals surface area contributed by atoms with Crippen LogP contribution in [-0.4, -0.2) is 276 Å². The lowest BCUT2D eigenvalue weighted by Gasteiger charge is -2.30. The number of rotatable bonds is 51. The fraction of sp³-hybridized carbons (Fsp3) is 0.542. The molecule has 0 radical (unpaired) electrons. The number of nitrogens with two attached hydrogens (primary N) is 2. The van der Waals surface area contributed by atoms with Gasteiger partial charge in [0.25, 0.3) is 0 Å². The highest BCUT2D eigenvalue weighted by Crippen LogP contribution is 2.22. The van der Waals surface area contributed by atoms with Gasteiger partial charge in [-0.1, -0.05) is 58.0 Å². The van der Waals surface area contributed by atoms with Gasteiger partial charge in [-0.25, -0.2) is 4.79 Å². The molecule has 0 spiro atoms. The van der Waals surface area contributed by atoms with Crippen molar-refractivity contribution in [3.8, 4) is 5.75 Å². The summed E-state index contributed by atoms with van der Waals surface area (Å²) in [6.07, 6.45) is -3.01. The van der Waals surface area contributed by atoms with Gasteiger partial charge in [0.15, 0.2) is 5.96 Å². The summed E-state index contributed by atoms with van der Waals surface area (Å²) < 4.78 is 0. The zero-order valence-electron chi connectivity index (χ0n) is 64.7. The first-order valence-electron chi connectivity index (χ1n) is 37.3. The number of carbonyl (C=O) groups excluding carboxylic acids is 14. The summed E-state index contributed by atoms with van der Waals surface area (Å²) in [6.45, 7) is 3.10. The molecule has 1 saturated heterocycles. The summed E-state index contributed by atoms with van der Waals surface area (Å²) in [4.78, 5) is 244. The average molecular weight is 1680 g/mol. The Hall–Kier alpha value is -11.9. The number of aliphatic hydroxyl groups excluding tert-OH is 1. The van der Waals surface area contributed by atoms with Crippen molar-refractivity contribution in [3.05, 3.63) is 65.9 Å². The number of aliphatic carboxylic acids is 4. The van der Waals surface area contributed by atoms with Crippen molar-refractivity contribution >= 4 is 149 Å². The number of nitrogens with one attached hydrogen (secondary N) is 16. The van der Waals surface area contributed by atoms with E-state index in [0.29, 0.717) is 28.5 Å². The van der Waals surface area contributed by atoms with Gasteiger partial charge in [-0.05, 0) is 92.5 Å². The minimum absolute atomic E-state index is 0.0157. The fourth-order valence-corrected chi connectivity index (χ4v) is 12.3. The molecule has 1 aliphatic heterocycles. The lowest BCUT2D eigenvalue weighted by Crippen LogP contribution is -2.60. The number of likely N-dealkylation sites (tertiary alicyclic amines) is 1. The Labute approximate surface area is 681 Å². The second-order valence-corrected chi connectivity index (χ2v) is 28.9. The number of guanidine groups is 1. The molecule has 4 rings (SSSR count). The van der Waals surface area contributed by atoms with Gasteiger partial charge in [-0.3, -0.25) is 86.9 Å². The highest BCUT2D eigenvalue weighted by atomic mass is 32.1. The summed E-state index contributed by atoms with van der Waals surface area (Å²) in [5.74, 6) is -21.9. The van der Waals surface area contributed by atoms with Gasteiger partial charge < -0.3 is 126 Å². The molecule has 3 aromatic rings. The standard InChI is InChI=1S/C72H105N19O24S2/c1-35(2)25-48(71(114)115)87-65(108)49(32-92)88-64(107)47(27-38-28-77-41-10-6-5-9-40(38)41)86-67(110)50(33-116)89-63(106)44(19-22-58(101)102)83-61(104)42(17-20-56(97)98)81-54(95)30-78-53(94)29-79-60(103)46(26-37-13-15-39(93)16-14-37)85-62(105)43(18-21-57(99)100)82-55(96)31-80-68(111)52-12-8-24-91(52)70(113)45(11-7-23-76-72(74)75)84-66(109)51(34-117)90-69(112)59(73)36(3)4/h5-6,9-10,13-16,28,35-36,42-52,59,77,92-93,116-117H,7-8,11-12,17-27,29-34,73H2,1-4H3,(H,78,94)(H,79,103)(H,80,111)(H,81,95)(H,82,96)(H,83,104)(H,84,109)(H,85,105)(H,86,110)(H,87,108)(H,88,107)(H,89,106)(H,90,112)(H,97,98)(H,99,100)(H,101,102)(H,114,115)(H4,74,75,76)/t42-,43-,44-,45-,46-,47-,48-,49-,50-,51-,52-,59-/m0/s1. The molecule has 12 atom stereocenters. The number of phenolic OH excluding ortho intramolecular Hbond substituents is 1. The molecule has 45 heteroatoms. The monoisotopic (exact) mass is 1680 g/mol. The smallest absolute Gasteiger partial charge is 0.326 e. The molecular formula is C72H105N19O24S2. The van der Waals surface area contributed by atoms with Crippen LogP contribution in [0.4, 0.5) is 0 Å². The Balaban J connectivity index is 1.46. The maximum atomic E-state index is 14.2. The number of carboxylic acid groups (broad SMARTS) is 4. The van der Waals surface area contributed by atoms with Crippen LogP contribution in [0.2, 0.25) is 0 Å². The largest absolute Gasteiger partial charge is 0.508 e. The Kier molecular flexibility index (Phi) is 40.9. The summed E-state index contributed by atoms with van der Waals surface area (Å²) in [5.41, 5.74) is 12.8. The lowest BCUT2D eigenvalue weighted by molar-refractivity contribution is -0.143. The number of hydrogen-bond donors (Lipinski definition) is 26. The maximum absolute atomic E-state index is 14.2. The minimum Gasteiger partial charge on any atom is -0.508 e. The molecule has 26 N–H and O–H groups in total. The van der Waals surface area contributed by atoms with Crippen LogP contribution in [0.1, 0.15) is 109 Å². The van der Waals surface area contributed by atoms with Gasteiger partial charge >= 0.3 is 23.9 Å². The van der Waals surface area contributed by atoms with E-state index in [2.05, 4.69) is 105 Å². The molecule has 1 aromatic heterocycles.